The monoisotopic (exact) mass is 461 g/mol. The van der Waals surface area contributed by atoms with Crippen LogP contribution in [0.3, 0.4) is 0 Å². The van der Waals surface area contributed by atoms with Crippen molar-refractivity contribution in [2.45, 2.75) is 32.7 Å². The molecule has 0 unspecified atom stereocenters. The second-order valence-electron chi connectivity index (χ2n) is 8.00. The van der Waals surface area contributed by atoms with Crippen LogP contribution in [0.4, 0.5) is 19.0 Å². The number of halogens is 3. The quantitative estimate of drug-likeness (QED) is 0.420. The molecule has 12 heteroatoms. The largest absolute Gasteiger partial charge is 1.00 e. The van der Waals surface area contributed by atoms with Gasteiger partial charge in [0.05, 0.1) is 28.7 Å². The fourth-order valence-corrected chi connectivity index (χ4v) is 3.51. The third kappa shape index (κ3) is 3.69. The molecule has 0 radical (unpaired) electrons. The van der Waals surface area contributed by atoms with E-state index in [1.807, 2.05) is 0 Å². The van der Waals surface area contributed by atoms with Crippen LogP contribution in [0.2, 0.25) is 0 Å². The molecule has 0 saturated heterocycles. The molecule has 0 spiro atoms. The Balaban J connectivity index is 0.00000259. The fraction of sp³-hybridized carbons (Fsp3) is 0.238. The molecular weight excluding hydrogens is 446 g/mol. The summed E-state index contributed by atoms with van der Waals surface area (Å²) >= 11 is 0. The van der Waals surface area contributed by atoms with Gasteiger partial charge in [0.2, 0.25) is 0 Å². The maximum absolute atomic E-state index is 14.3. The molecular formula is C21H15F3N7NaO. The standard InChI is InChI=1S/C21H16F3N7O.Na/c1-9-13(23)7-11-15(17-26-18-16(28-29-17)21(2,3)20(32)27-18)30-31(19(11)25-9)8-10-5-4-6-12(22)14(10)24;/h4-7H,8H2,1-3H3,(H,26,27,29,32);/q;+1/p-1. The van der Waals surface area contributed by atoms with E-state index in [9.17, 15) is 18.0 Å². The second-order valence-corrected chi connectivity index (χ2v) is 8.00. The van der Waals surface area contributed by atoms with Crippen LogP contribution in [-0.2, 0) is 16.8 Å². The summed E-state index contributed by atoms with van der Waals surface area (Å²) in [6.07, 6.45) is 0. The molecule has 8 nitrogen and oxygen atoms in total. The topological polar surface area (TPSA) is 101 Å². The first-order valence-electron chi connectivity index (χ1n) is 9.65. The van der Waals surface area contributed by atoms with E-state index in [1.54, 1.807) is 13.8 Å². The first-order chi connectivity index (χ1) is 15.2. The van der Waals surface area contributed by atoms with Gasteiger partial charge in [-0.15, -0.1) is 0 Å². The number of aromatic nitrogens is 6. The number of fused-ring (bicyclic) bond motifs is 2. The van der Waals surface area contributed by atoms with E-state index in [0.29, 0.717) is 5.69 Å². The minimum atomic E-state index is -1.01. The van der Waals surface area contributed by atoms with Crippen molar-refractivity contribution < 1.29 is 47.5 Å². The number of carbonyl (C=O) groups is 1. The molecule has 0 aliphatic carbocycles. The molecule has 4 heterocycles. The summed E-state index contributed by atoms with van der Waals surface area (Å²) in [5.41, 5.74) is -0.0993. The number of hydrogen-bond acceptors (Lipinski definition) is 6. The van der Waals surface area contributed by atoms with Crippen LogP contribution in [0.25, 0.3) is 27.9 Å². The van der Waals surface area contributed by atoms with Crippen LogP contribution < -0.4 is 29.6 Å². The predicted octanol–water partition coefficient (Wildman–Crippen LogP) is 0.884. The molecule has 1 aliphatic rings. The third-order valence-corrected chi connectivity index (χ3v) is 5.42. The first kappa shape index (κ1) is 23.3. The Morgan fingerprint density at radius 2 is 1.85 bits per heavy atom. The van der Waals surface area contributed by atoms with Crippen molar-refractivity contribution in [2.75, 3.05) is 0 Å². The van der Waals surface area contributed by atoms with E-state index in [-0.39, 0.29) is 75.7 Å². The molecule has 1 amide bonds. The third-order valence-electron chi connectivity index (χ3n) is 5.42. The number of carbonyl (C=O) groups excluding carboxylic acids is 1. The fourth-order valence-electron chi connectivity index (χ4n) is 3.51. The zero-order chi connectivity index (χ0) is 22.8. The van der Waals surface area contributed by atoms with E-state index in [1.165, 1.54) is 29.8 Å². The number of pyridine rings is 1. The second kappa shape index (κ2) is 8.15. The van der Waals surface area contributed by atoms with Crippen molar-refractivity contribution in [3.63, 3.8) is 0 Å². The summed E-state index contributed by atoms with van der Waals surface area (Å²) in [6.45, 7) is 4.65. The van der Waals surface area contributed by atoms with Crippen LogP contribution >= 0.6 is 0 Å². The van der Waals surface area contributed by atoms with Crippen LogP contribution in [-0.4, -0.2) is 35.9 Å². The molecule has 1 aliphatic heterocycles. The summed E-state index contributed by atoms with van der Waals surface area (Å²) in [5, 5.41) is 16.8. The van der Waals surface area contributed by atoms with E-state index in [4.69, 9.17) is 0 Å². The summed E-state index contributed by atoms with van der Waals surface area (Å²) in [7, 11) is 0. The summed E-state index contributed by atoms with van der Waals surface area (Å²) in [4.78, 5) is 20.7. The zero-order valence-electron chi connectivity index (χ0n) is 18.2. The van der Waals surface area contributed by atoms with E-state index < -0.39 is 28.8 Å². The average molecular weight is 461 g/mol. The van der Waals surface area contributed by atoms with Crippen molar-refractivity contribution in [3.05, 3.63) is 64.0 Å². The van der Waals surface area contributed by atoms with Crippen LogP contribution in [0.15, 0.2) is 24.3 Å². The van der Waals surface area contributed by atoms with Gasteiger partial charge in [-0.1, -0.05) is 12.1 Å². The summed E-state index contributed by atoms with van der Waals surface area (Å²) < 4.78 is 43.6. The number of aryl methyl sites for hydroxylation is 1. The van der Waals surface area contributed by atoms with Gasteiger partial charge in [0.25, 0.3) is 0 Å². The summed E-state index contributed by atoms with van der Waals surface area (Å²) in [6, 6.07) is 5.04. The Morgan fingerprint density at radius 3 is 2.61 bits per heavy atom. The van der Waals surface area contributed by atoms with Crippen molar-refractivity contribution in [3.8, 4) is 11.5 Å². The van der Waals surface area contributed by atoms with Crippen LogP contribution in [0.5, 0.6) is 0 Å². The van der Waals surface area contributed by atoms with E-state index >= 15 is 0 Å². The number of hydrogen-bond donors (Lipinski definition) is 0. The molecule has 0 N–H and O–H groups in total. The predicted molar refractivity (Wildman–Crippen MR) is 108 cm³/mol. The zero-order valence-corrected chi connectivity index (χ0v) is 20.2. The van der Waals surface area contributed by atoms with E-state index in [0.717, 1.165) is 6.07 Å². The maximum atomic E-state index is 14.3. The van der Waals surface area contributed by atoms with Crippen molar-refractivity contribution in [1.82, 2.24) is 29.9 Å². The maximum Gasteiger partial charge on any atom is 1.00 e. The minimum Gasteiger partial charge on any atom is -0.415 e. The number of amides is 1. The molecule has 162 valence electrons. The van der Waals surface area contributed by atoms with Gasteiger partial charge in [-0.2, -0.15) is 15.3 Å². The Morgan fingerprint density at radius 1 is 1.09 bits per heavy atom. The van der Waals surface area contributed by atoms with Crippen LogP contribution in [0.1, 0.15) is 30.8 Å². The van der Waals surface area contributed by atoms with Gasteiger partial charge in [0.15, 0.2) is 23.2 Å². The molecule has 0 bridgehead atoms. The van der Waals surface area contributed by atoms with Gasteiger partial charge in [-0.05, 0) is 38.7 Å². The Labute approximate surface area is 207 Å². The van der Waals surface area contributed by atoms with Crippen molar-refractivity contribution >= 4 is 22.8 Å². The molecule has 0 fully saturated rings. The van der Waals surface area contributed by atoms with Crippen LogP contribution in [0, 0.1) is 24.4 Å². The van der Waals surface area contributed by atoms with Gasteiger partial charge in [0.1, 0.15) is 17.3 Å². The van der Waals surface area contributed by atoms with Crippen molar-refractivity contribution in [2.24, 2.45) is 0 Å². The van der Waals surface area contributed by atoms with Crippen molar-refractivity contribution in [1.29, 1.82) is 0 Å². The smallest absolute Gasteiger partial charge is 0.415 e. The Bertz CT molecular complexity index is 1440. The van der Waals surface area contributed by atoms with Gasteiger partial charge in [0, 0.05) is 5.56 Å². The molecule has 5 rings (SSSR count). The van der Waals surface area contributed by atoms with Gasteiger partial charge in [-0.25, -0.2) is 22.8 Å². The Kier molecular flexibility index (Phi) is 5.75. The number of nitrogens with zero attached hydrogens (tertiary/aromatic N) is 7. The molecule has 0 saturated carbocycles. The molecule has 1 aromatic carbocycles. The first-order valence-corrected chi connectivity index (χ1v) is 9.65. The summed E-state index contributed by atoms with van der Waals surface area (Å²) in [5.74, 6) is -2.85. The molecule has 33 heavy (non-hydrogen) atoms. The van der Waals surface area contributed by atoms with Gasteiger partial charge in [-0.3, -0.25) is 4.79 Å². The van der Waals surface area contributed by atoms with Gasteiger partial charge >= 0.3 is 29.6 Å². The average Bonchev–Trinajstić information content (AvgIpc) is 3.19. The SMILES string of the molecule is Cc1nc2c(cc1F)c(-c1nnc3c(n1)[N-]C(=O)C3(C)C)nn2Cc1cccc(F)c1F.[Na+]. The molecule has 0 atom stereocenters. The normalized spacial score (nSPS) is 14.2. The number of benzene rings is 1. The molecule has 3 aromatic heterocycles. The Hall–Kier alpha value is -2.89. The van der Waals surface area contributed by atoms with E-state index in [2.05, 4.69) is 30.6 Å². The van der Waals surface area contributed by atoms with Gasteiger partial charge < -0.3 is 10.3 Å². The molecule has 4 aromatic rings. The number of rotatable bonds is 3. The minimum absolute atomic E-state index is 0.